The molecule has 38 heavy (non-hydrogen) atoms. The minimum Gasteiger partial charge on any atom is -0.480 e. The molecule has 1 aromatic heterocycles. The fraction of sp³-hybridized carbons (Fsp3) is 0.269. The number of carboxylic acid groups (broad SMARTS) is 1. The van der Waals surface area contributed by atoms with E-state index in [2.05, 4.69) is 20.9 Å². The summed E-state index contributed by atoms with van der Waals surface area (Å²) in [6, 6.07) is 12.7. The SMILES string of the molecule is NC(=O)CC(NC(=O)C(N)Cc1ccccc1)C(=O)NCC(=O)NC(Cc1c[nH]c2ccccc12)C(=O)O. The van der Waals surface area contributed by atoms with E-state index in [1.807, 2.05) is 30.3 Å². The van der Waals surface area contributed by atoms with Crippen molar-refractivity contribution in [2.24, 2.45) is 11.5 Å². The zero-order valence-corrected chi connectivity index (χ0v) is 20.5. The largest absolute Gasteiger partial charge is 0.480 e. The molecule has 9 N–H and O–H groups in total. The first-order valence-electron chi connectivity index (χ1n) is 11.9. The number of carboxylic acids is 1. The van der Waals surface area contributed by atoms with Crippen molar-refractivity contribution in [2.45, 2.75) is 37.4 Å². The number of nitrogens with one attached hydrogen (secondary N) is 4. The molecule has 3 unspecified atom stereocenters. The lowest BCUT2D eigenvalue weighted by Gasteiger charge is -2.20. The van der Waals surface area contributed by atoms with Gasteiger partial charge in [0.25, 0.3) is 0 Å². The van der Waals surface area contributed by atoms with E-state index in [-0.39, 0.29) is 12.8 Å². The van der Waals surface area contributed by atoms with Crippen LogP contribution in [0.3, 0.4) is 0 Å². The fourth-order valence-electron chi connectivity index (χ4n) is 3.91. The van der Waals surface area contributed by atoms with Crippen LogP contribution in [-0.2, 0) is 36.8 Å². The summed E-state index contributed by atoms with van der Waals surface area (Å²) in [6.45, 7) is -0.586. The van der Waals surface area contributed by atoms with Gasteiger partial charge in [-0.15, -0.1) is 0 Å². The number of fused-ring (bicyclic) bond motifs is 1. The number of primary amides is 1. The van der Waals surface area contributed by atoms with Crippen LogP contribution in [-0.4, -0.2) is 64.4 Å². The van der Waals surface area contributed by atoms with Gasteiger partial charge in [-0.2, -0.15) is 0 Å². The first kappa shape index (κ1) is 27.9. The normalized spacial score (nSPS) is 13.2. The van der Waals surface area contributed by atoms with Gasteiger partial charge in [0.2, 0.25) is 23.6 Å². The summed E-state index contributed by atoms with van der Waals surface area (Å²) in [7, 11) is 0. The number of nitrogens with two attached hydrogens (primary N) is 2. The average molecular weight is 523 g/mol. The molecule has 0 aliphatic rings. The van der Waals surface area contributed by atoms with Gasteiger partial charge in [-0.05, 0) is 23.6 Å². The molecular formula is C26H30N6O6. The topological polar surface area (TPSA) is 209 Å². The average Bonchev–Trinajstić information content (AvgIpc) is 3.29. The molecule has 4 amide bonds. The van der Waals surface area contributed by atoms with Crippen LogP contribution in [0.15, 0.2) is 60.8 Å². The molecule has 12 nitrogen and oxygen atoms in total. The summed E-state index contributed by atoms with van der Waals surface area (Å²) in [5.41, 5.74) is 13.5. The highest BCUT2D eigenvalue weighted by Crippen LogP contribution is 2.19. The molecule has 0 aliphatic heterocycles. The zero-order chi connectivity index (χ0) is 27.7. The third-order valence-corrected chi connectivity index (χ3v) is 5.83. The molecule has 2 aromatic carbocycles. The van der Waals surface area contributed by atoms with Gasteiger partial charge in [-0.3, -0.25) is 19.2 Å². The maximum Gasteiger partial charge on any atom is 0.326 e. The predicted octanol–water partition coefficient (Wildman–Crippen LogP) is -0.674. The summed E-state index contributed by atoms with van der Waals surface area (Å²) >= 11 is 0. The van der Waals surface area contributed by atoms with Crippen LogP contribution in [0.2, 0.25) is 0 Å². The Bertz CT molecular complexity index is 1310. The molecule has 1 heterocycles. The third kappa shape index (κ3) is 7.90. The molecule has 3 atom stereocenters. The lowest BCUT2D eigenvalue weighted by atomic mass is 10.0. The Morgan fingerprint density at radius 2 is 1.55 bits per heavy atom. The number of aliphatic carboxylic acids is 1. The minimum absolute atomic E-state index is 0.0126. The van der Waals surface area contributed by atoms with Crippen molar-refractivity contribution in [3.8, 4) is 0 Å². The van der Waals surface area contributed by atoms with Crippen LogP contribution >= 0.6 is 0 Å². The first-order chi connectivity index (χ1) is 18.1. The second-order valence-electron chi connectivity index (χ2n) is 8.77. The molecule has 0 radical (unpaired) electrons. The second-order valence-corrected chi connectivity index (χ2v) is 8.77. The number of aromatic amines is 1. The van der Waals surface area contributed by atoms with E-state index in [0.29, 0.717) is 5.56 Å². The number of amides is 4. The molecule has 0 fully saturated rings. The van der Waals surface area contributed by atoms with E-state index < -0.39 is 60.7 Å². The highest BCUT2D eigenvalue weighted by molar-refractivity contribution is 5.95. The Balaban J connectivity index is 1.56. The summed E-state index contributed by atoms with van der Waals surface area (Å²) in [5.74, 6) is -4.39. The third-order valence-electron chi connectivity index (χ3n) is 5.83. The highest BCUT2D eigenvalue weighted by Gasteiger charge is 2.27. The van der Waals surface area contributed by atoms with Crippen molar-refractivity contribution < 1.29 is 29.1 Å². The molecule has 3 aromatic rings. The molecule has 0 spiro atoms. The predicted molar refractivity (Wildman–Crippen MR) is 138 cm³/mol. The van der Waals surface area contributed by atoms with Crippen LogP contribution < -0.4 is 27.4 Å². The molecule has 0 aliphatic carbocycles. The maximum absolute atomic E-state index is 12.6. The maximum atomic E-state index is 12.6. The number of hydrogen-bond acceptors (Lipinski definition) is 6. The first-order valence-corrected chi connectivity index (χ1v) is 11.9. The Labute approximate surface area is 218 Å². The molecule has 0 saturated heterocycles. The van der Waals surface area contributed by atoms with Crippen molar-refractivity contribution in [3.63, 3.8) is 0 Å². The number of aromatic nitrogens is 1. The molecule has 0 saturated carbocycles. The molecular weight excluding hydrogens is 492 g/mol. The summed E-state index contributed by atoms with van der Waals surface area (Å²) in [6.07, 6.45) is 1.37. The second kappa shape index (κ2) is 13.0. The van der Waals surface area contributed by atoms with Gasteiger partial charge in [0.05, 0.1) is 19.0 Å². The van der Waals surface area contributed by atoms with Gasteiger partial charge >= 0.3 is 5.97 Å². The molecule has 0 bridgehead atoms. The number of para-hydroxylation sites is 1. The van der Waals surface area contributed by atoms with Crippen LogP contribution in [0.5, 0.6) is 0 Å². The number of H-pyrrole nitrogens is 1. The monoisotopic (exact) mass is 522 g/mol. The van der Waals surface area contributed by atoms with Crippen LogP contribution in [0.25, 0.3) is 10.9 Å². The standard InChI is InChI=1S/C26H30N6O6/c27-18(10-15-6-2-1-3-7-15)24(35)32-20(12-22(28)33)25(36)30-14-23(34)31-21(26(37)38)11-16-13-29-19-9-5-4-8-17(16)19/h1-9,13,18,20-21,29H,10-12,14,27H2,(H2,28,33)(H,30,36)(H,31,34)(H,32,35)(H,37,38). The van der Waals surface area contributed by atoms with Gasteiger partial charge in [0.1, 0.15) is 12.1 Å². The van der Waals surface area contributed by atoms with E-state index in [9.17, 15) is 29.1 Å². The Morgan fingerprint density at radius 1 is 0.868 bits per heavy atom. The zero-order valence-electron chi connectivity index (χ0n) is 20.5. The fourth-order valence-corrected chi connectivity index (χ4v) is 3.91. The van der Waals surface area contributed by atoms with Crippen molar-refractivity contribution >= 4 is 40.5 Å². The summed E-state index contributed by atoms with van der Waals surface area (Å²) < 4.78 is 0. The molecule has 12 heteroatoms. The van der Waals surface area contributed by atoms with E-state index in [0.717, 1.165) is 16.5 Å². The van der Waals surface area contributed by atoms with Crippen molar-refractivity contribution in [1.29, 1.82) is 0 Å². The Morgan fingerprint density at radius 3 is 2.24 bits per heavy atom. The van der Waals surface area contributed by atoms with E-state index >= 15 is 0 Å². The van der Waals surface area contributed by atoms with Crippen LogP contribution in [0, 0.1) is 0 Å². The Hall–Kier alpha value is -4.71. The van der Waals surface area contributed by atoms with Gasteiger partial charge in [0, 0.05) is 23.5 Å². The summed E-state index contributed by atoms with van der Waals surface area (Å²) in [4.78, 5) is 63.9. The minimum atomic E-state index is -1.36. The van der Waals surface area contributed by atoms with Crippen molar-refractivity contribution in [3.05, 3.63) is 71.9 Å². The number of carbonyl (C=O) groups is 5. The summed E-state index contributed by atoms with van der Waals surface area (Å²) in [5, 5.41) is 17.5. The van der Waals surface area contributed by atoms with Gasteiger partial charge < -0.3 is 37.5 Å². The van der Waals surface area contributed by atoms with Crippen molar-refractivity contribution in [1.82, 2.24) is 20.9 Å². The van der Waals surface area contributed by atoms with E-state index in [1.54, 1.807) is 30.5 Å². The van der Waals surface area contributed by atoms with E-state index in [1.165, 1.54) is 0 Å². The number of hydrogen-bond donors (Lipinski definition) is 7. The molecule has 200 valence electrons. The van der Waals surface area contributed by atoms with Crippen LogP contribution in [0.4, 0.5) is 0 Å². The van der Waals surface area contributed by atoms with Gasteiger partial charge in [0.15, 0.2) is 0 Å². The lowest BCUT2D eigenvalue weighted by Crippen LogP contribution is -2.54. The number of rotatable bonds is 13. The van der Waals surface area contributed by atoms with Crippen molar-refractivity contribution in [2.75, 3.05) is 6.54 Å². The number of benzene rings is 2. The van der Waals surface area contributed by atoms with Crippen LogP contribution in [0.1, 0.15) is 17.5 Å². The quantitative estimate of drug-likeness (QED) is 0.154. The Kier molecular flexibility index (Phi) is 9.54. The smallest absolute Gasteiger partial charge is 0.326 e. The lowest BCUT2D eigenvalue weighted by molar-refractivity contribution is -0.141. The van der Waals surface area contributed by atoms with Gasteiger partial charge in [-0.25, -0.2) is 4.79 Å². The van der Waals surface area contributed by atoms with Gasteiger partial charge in [-0.1, -0.05) is 48.5 Å². The molecule has 3 rings (SSSR count). The highest BCUT2D eigenvalue weighted by atomic mass is 16.4. The number of carbonyl (C=O) groups excluding carboxylic acids is 4. The van der Waals surface area contributed by atoms with E-state index in [4.69, 9.17) is 11.5 Å².